The van der Waals surface area contributed by atoms with Crippen LogP contribution in [0, 0.1) is 6.92 Å². The Bertz CT molecular complexity index is 1240. The average Bonchev–Trinajstić information content (AvgIpc) is 3.21. The molecule has 4 nitrogen and oxygen atoms in total. The van der Waals surface area contributed by atoms with Crippen LogP contribution in [0.15, 0.2) is 41.1 Å². The summed E-state index contributed by atoms with van der Waals surface area (Å²) in [5, 5.41) is 2.26. The Labute approximate surface area is 165 Å². The average molecular weight is 375 g/mol. The molecule has 0 amide bonds. The van der Waals surface area contributed by atoms with Crippen molar-refractivity contribution in [2.24, 2.45) is 7.05 Å². The van der Waals surface area contributed by atoms with E-state index in [0.717, 1.165) is 34.2 Å². The Morgan fingerprint density at radius 2 is 1.82 bits per heavy atom. The lowest BCUT2D eigenvalue weighted by molar-refractivity contribution is -0.744. The summed E-state index contributed by atoms with van der Waals surface area (Å²) in [6.45, 7) is 11.4. The lowest BCUT2D eigenvalue weighted by Crippen LogP contribution is -2.37. The molecule has 0 saturated heterocycles. The predicted octanol–water partition coefficient (Wildman–Crippen LogP) is 5.25. The summed E-state index contributed by atoms with van der Waals surface area (Å²) in [5.41, 5.74) is 6.70. The first-order valence-electron chi connectivity index (χ1n) is 10.1. The van der Waals surface area contributed by atoms with Crippen LogP contribution < -0.4 is 4.68 Å². The summed E-state index contributed by atoms with van der Waals surface area (Å²) in [4.78, 5) is 5.09. The molecule has 144 valence electrons. The molecule has 0 atom stereocenters. The molecular formula is C24H28N3O+. The maximum Gasteiger partial charge on any atom is 0.227 e. The van der Waals surface area contributed by atoms with E-state index in [4.69, 9.17) is 9.40 Å². The summed E-state index contributed by atoms with van der Waals surface area (Å²) in [6, 6.07) is 8.75. The van der Waals surface area contributed by atoms with Gasteiger partial charge >= 0.3 is 0 Å². The molecule has 1 aliphatic carbocycles. The largest absolute Gasteiger partial charge is 0.435 e. The van der Waals surface area contributed by atoms with Crippen LogP contribution in [0.5, 0.6) is 0 Å². The number of rotatable bonds is 1. The lowest BCUT2D eigenvalue weighted by Gasteiger charge is -2.40. The van der Waals surface area contributed by atoms with E-state index in [-0.39, 0.29) is 10.8 Å². The number of aromatic nitrogens is 3. The van der Waals surface area contributed by atoms with E-state index in [0.29, 0.717) is 0 Å². The summed E-state index contributed by atoms with van der Waals surface area (Å²) < 4.78 is 10.6. The number of benzene rings is 1. The standard InChI is InChI=1S/C24H28N3O/c1-15-8-9-16-17-14-18-21(24(4,5)11-10-23(18,2)3)25-22(17)28-20(16)19(15)27-13-7-12-26(27)6/h7-9,12-14H,10-11H2,1-6H3/q+1. The van der Waals surface area contributed by atoms with Gasteiger partial charge in [-0.1, -0.05) is 33.8 Å². The minimum Gasteiger partial charge on any atom is -0.435 e. The van der Waals surface area contributed by atoms with E-state index >= 15 is 0 Å². The highest BCUT2D eigenvalue weighted by Crippen LogP contribution is 2.47. The van der Waals surface area contributed by atoms with Gasteiger partial charge in [-0.2, -0.15) is 0 Å². The van der Waals surface area contributed by atoms with Crippen LogP contribution in [-0.4, -0.2) is 9.67 Å². The zero-order chi connectivity index (χ0) is 19.8. The molecular weight excluding hydrogens is 346 g/mol. The van der Waals surface area contributed by atoms with E-state index in [1.54, 1.807) is 0 Å². The van der Waals surface area contributed by atoms with Crippen molar-refractivity contribution < 1.29 is 9.10 Å². The molecule has 28 heavy (non-hydrogen) atoms. The van der Waals surface area contributed by atoms with Gasteiger partial charge in [-0.25, -0.2) is 4.98 Å². The zero-order valence-corrected chi connectivity index (χ0v) is 17.6. The van der Waals surface area contributed by atoms with E-state index in [9.17, 15) is 0 Å². The summed E-state index contributed by atoms with van der Waals surface area (Å²) in [5.74, 6) is 0. The van der Waals surface area contributed by atoms with Crippen molar-refractivity contribution in [3.63, 3.8) is 0 Å². The van der Waals surface area contributed by atoms with Gasteiger partial charge in [0.25, 0.3) is 0 Å². The molecule has 4 aromatic rings. The maximum absolute atomic E-state index is 6.43. The van der Waals surface area contributed by atoms with Crippen LogP contribution in [-0.2, 0) is 17.9 Å². The third-order valence-electron chi connectivity index (χ3n) is 6.65. The molecule has 0 fully saturated rings. The van der Waals surface area contributed by atoms with Crippen LogP contribution in [0.1, 0.15) is 57.4 Å². The molecule has 0 spiro atoms. The van der Waals surface area contributed by atoms with Crippen molar-refractivity contribution in [3.05, 3.63) is 53.5 Å². The third kappa shape index (κ3) is 2.30. The van der Waals surface area contributed by atoms with Gasteiger partial charge in [-0.15, -0.1) is 9.36 Å². The fraction of sp³-hybridized carbons (Fsp3) is 0.417. The molecule has 0 aliphatic heterocycles. The van der Waals surface area contributed by atoms with E-state index in [1.807, 2.05) is 19.3 Å². The predicted molar refractivity (Wildman–Crippen MR) is 112 cm³/mol. The number of pyridine rings is 1. The van der Waals surface area contributed by atoms with Crippen molar-refractivity contribution >= 4 is 22.1 Å². The molecule has 5 rings (SSSR count). The SMILES string of the molecule is Cc1ccc2c(oc3nc4c(cc32)C(C)(C)CCC4(C)C)c1-n1ccc[n+]1C. The number of aryl methyl sites for hydroxylation is 2. The van der Waals surface area contributed by atoms with Gasteiger partial charge in [0.1, 0.15) is 0 Å². The first-order chi connectivity index (χ1) is 13.2. The number of nitrogens with zero attached hydrogens (tertiary/aromatic N) is 3. The quantitative estimate of drug-likeness (QED) is 0.426. The van der Waals surface area contributed by atoms with E-state index in [2.05, 4.69) is 68.4 Å². The summed E-state index contributed by atoms with van der Waals surface area (Å²) >= 11 is 0. The van der Waals surface area contributed by atoms with Crippen molar-refractivity contribution in [2.45, 2.75) is 58.3 Å². The van der Waals surface area contributed by atoms with Gasteiger partial charge in [0, 0.05) is 22.3 Å². The van der Waals surface area contributed by atoms with Gasteiger partial charge in [-0.05, 0) is 48.4 Å². The van der Waals surface area contributed by atoms with Crippen molar-refractivity contribution in [1.29, 1.82) is 0 Å². The van der Waals surface area contributed by atoms with Crippen LogP contribution in [0.4, 0.5) is 0 Å². The molecule has 0 saturated carbocycles. The fourth-order valence-electron chi connectivity index (χ4n) is 4.70. The second-order valence-corrected chi connectivity index (χ2v) is 9.62. The van der Waals surface area contributed by atoms with E-state index in [1.165, 1.54) is 23.2 Å². The molecule has 4 heteroatoms. The van der Waals surface area contributed by atoms with Crippen molar-refractivity contribution in [3.8, 4) is 5.69 Å². The molecule has 0 bridgehead atoms. The first-order valence-corrected chi connectivity index (χ1v) is 10.1. The number of furan rings is 1. The smallest absolute Gasteiger partial charge is 0.227 e. The van der Waals surface area contributed by atoms with Gasteiger partial charge < -0.3 is 4.42 Å². The highest BCUT2D eigenvalue weighted by molar-refractivity contribution is 6.07. The number of fused-ring (bicyclic) bond motifs is 4. The summed E-state index contributed by atoms with van der Waals surface area (Å²) in [7, 11) is 2.04. The van der Waals surface area contributed by atoms with Gasteiger partial charge in [0.2, 0.25) is 5.71 Å². The maximum atomic E-state index is 6.43. The Morgan fingerprint density at radius 1 is 1.07 bits per heavy atom. The lowest BCUT2D eigenvalue weighted by atomic mass is 9.65. The summed E-state index contributed by atoms with van der Waals surface area (Å²) in [6.07, 6.45) is 6.44. The van der Waals surface area contributed by atoms with Gasteiger partial charge in [0.15, 0.2) is 24.5 Å². The topological polar surface area (TPSA) is 34.8 Å². The van der Waals surface area contributed by atoms with Gasteiger partial charge in [0.05, 0.1) is 11.9 Å². The first kappa shape index (κ1) is 17.5. The monoisotopic (exact) mass is 374 g/mol. The molecule has 0 radical (unpaired) electrons. The highest BCUT2D eigenvalue weighted by Gasteiger charge is 2.39. The van der Waals surface area contributed by atoms with Gasteiger partial charge in [-0.3, -0.25) is 0 Å². The minimum atomic E-state index is 0.0730. The zero-order valence-electron chi connectivity index (χ0n) is 17.6. The van der Waals surface area contributed by atoms with Crippen LogP contribution in [0.3, 0.4) is 0 Å². The molecule has 1 aliphatic rings. The Hall–Kier alpha value is -2.62. The molecule has 3 heterocycles. The Morgan fingerprint density at radius 3 is 2.54 bits per heavy atom. The van der Waals surface area contributed by atoms with Crippen LogP contribution in [0.2, 0.25) is 0 Å². The Balaban J connectivity index is 1.89. The van der Waals surface area contributed by atoms with E-state index < -0.39 is 0 Å². The normalized spacial score (nSPS) is 17.9. The van der Waals surface area contributed by atoms with Crippen molar-refractivity contribution in [1.82, 2.24) is 9.67 Å². The minimum absolute atomic E-state index is 0.0730. The van der Waals surface area contributed by atoms with Crippen molar-refractivity contribution in [2.75, 3.05) is 0 Å². The fourth-order valence-corrected chi connectivity index (χ4v) is 4.70. The van der Waals surface area contributed by atoms with Crippen LogP contribution >= 0.6 is 0 Å². The highest BCUT2D eigenvalue weighted by atomic mass is 16.3. The molecule has 0 N–H and O–H groups in total. The molecule has 3 aromatic heterocycles. The Kier molecular flexibility index (Phi) is 3.41. The number of hydrogen-bond acceptors (Lipinski definition) is 2. The molecule has 0 unspecified atom stereocenters. The molecule has 1 aromatic carbocycles. The second-order valence-electron chi connectivity index (χ2n) is 9.62. The third-order valence-corrected chi connectivity index (χ3v) is 6.65. The second kappa shape index (κ2) is 5.47. The van der Waals surface area contributed by atoms with Crippen LogP contribution in [0.25, 0.3) is 27.8 Å². The number of hydrogen-bond donors (Lipinski definition) is 0.